The highest BCUT2D eigenvalue weighted by molar-refractivity contribution is 6.03. The number of hydrogen-bond donors (Lipinski definition) is 2. The number of fused-ring (bicyclic) bond motifs is 4. The molecule has 8 heteroatoms. The second-order valence-electron chi connectivity index (χ2n) is 9.32. The molecular weight excluding hydrogens is 404 g/mol. The van der Waals surface area contributed by atoms with Gasteiger partial charge in [0.1, 0.15) is 17.8 Å². The number of amides is 1. The fourth-order valence-corrected chi connectivity index (χ4v) is 5.02. The number of rotatable bonds is 2. The lowest BCUT2D eigenvalue weighted by Crippen LogP contribution is -2.53. The SMILES string of the molecule is CC(C)(C)N(C(=O)O)[C@H]1CCc2c(-c3cnc4ccccc4c3)c3c(N)ncnc3n2C1. The lowest BCUT2D eigenvalue weighted by Gasteiger charge is -2.41. The van der Waals surface area contributed by atoms with Gasteiger partial charge in [-0.15, -0.1) is 0 Å². The molecule has 3 N–H and O–H groups in total. The summed E-state index contributed by atoms with van der Waals surface area (Å²) in [6, 6.07) is 9.96. The number of carbonyl (C=O) groups is 1. The number of hydrogen-bond acceptors (Lipinski definition) is 5. The Labute approximate surface area is 185 Å². The van der Waals surface area contributed by atoms with E-state index in [1.165, 1.54) is 6.33 Å². The molecule has 1 aliphatic rings. The summed E-state index contributed by atoms with van der Waals surface area (Å²) in [5.74, 6) is 0.419. The zero-order valence-corrected chi connectivity index (χ0v) is 18.4. The van der Waals surface area contributed by atoms with E-state index < -0.39 is 11.6 Å². The van der Waals surface area contributed by atoms with E-state index in [0.29, 0.717) is 18.8 Å². The maximum Gasteiger partial charge on any atom is 0.408 e. The average molecular weight is 431 g/mol. The minimum Gasteiger partial charge on any atom is -0.465 e. The van der Waals surface area contributed by atoms with Crippen molar-refractivity contribution in [1.29, 1.82) is 0 Å². The van der Waals surface area contributed by atoms with Gasteiger partial charge in [0.2, 0.25) is 0 Å². The van der Waals surface area contributed by atoms with Crippen LogP contribution in [-0.4, -0.2) is 47.2 Å². The minimum atomic E-state index is -0.907. The molecule has 0 spiro atoms. The Hall–Kier alpha value is -3.68. The summed E-state index contributed by atoms with van der Waals surface area (Å²) < 4.78 is 2.12. The summed E-state index contributed by atoms with van der Waals surface area (Å²) >= 11 is 0. The van der Waals surface area contributed by atoms with Crippen LogP contribution in [0.4, 0.5) is 10.6 Å². The van der Waals surface area contributed by atoms with Crippen LogP contribution in [0, 0.1) is 0 Å². The van der Waals surface area contributed by atoms with Crippen molar-refractivity contribution in [2.24, 2.45) is 0 Å². The van der Waals surface area contributed by atoms with Gasteiger partial charge in [0, 0.05) is 40.5 Å². The number of benzene rings is 1. The van der Waals surface area contributed by atoms with Crippen molar-refractivity contribution >= 4 is 33.8 Å². The monoisotopic (exact) mass is 430 g/mol. The number of nitrogens with two attached hydrogens (primary N) is 1. The van der Waals surface area contributed by atoms with E-state index >= 15 is 0 Å². The first-order valence-corrected chi connectivity index (χ1v) is 10.7. The molecular formula is C24H26N6O2. The summed E-state index contributed by atoms with van der Waals surface area (Å²) in [7, 11) is 0. The smallest absolute Gasteiger partial charge is 0.408 e. The normalized spacial score (nSPS) is 16.3. The van der Waals surface area contributed by atoms with Gasteiger partial charge in [0.05, 0.1) is 16.9 Å². The molecule has 4 aromatic rings. The third-order valence-corrected chi connectivity index (χ3v) is 6.26. The zero-order valence-electron chi connectivity index (χ0n) is 18.4. The van der Waals surface area contributed by atoms with E-state index in [4.69, 9.17) is 5.73 Å². The van der Waals surface area contributed by atoms with Gasteiger partial charge < -0.3 is 15.4 Å². The Morgan fingerprint density at radius 3 is 2.75 bits per heavy atom. The van der Waals surface area contributed by atoms with Gasteiger partial charge in [-0.3, -0.25) is 9.88 Å². The van der Waals surface area contributed by atoms with Gasteiger partial charge in [0.15, 0.2) is 0 Å². The fraction of sp³-hybridized carbons (Fsp3) is 0.333. The predicted molar refractivity (Wildman–Crippen MR) is 124 cm³/mol. The Morgan fingerprint density at radius 1 is 1.22 bits per heavy atom. The number of anilines is 1. The van der Waals surface area contributed by atoms with Crippen LogP contribution in [0.15, 0.2) is 42.9 Å². The quantitative estimate of drug-likeness (QED) is 0.490. The molecule has 1 aliphatic heterocycles. The summed E-state index contributed by atoms with van der Waals surface area (Å²) in [5, 5.41) is 11.8. The summed E-state index contributed by atoms with van der Waals surface area (Å²) in [6.07, 6.45) is 3.87. The average Bonchev–Trinajstić information content (AvgIpc) is 3.07. The molecule has 164 valence electrons. The molecule has 1 aromatic carbocycles. The van der Waals surface area contributed by atoms with Gasteiger partial charge in [-0.05, 0) is 45.7 Å². The van der Waals surface area contributed by atoms with Gasteiger partial charge in [0.25, 0.3) is 0 Å². The van der Waals surface area contributed by atoms with Crippen LogP contribution in [0.3, 0.4) is 0 Å². The van der Waals surface area contributed by atoms with E-state index in [0.717, 1.165) is 45.2 Å². The minimum absolute atomic E-state index is 0.158. The third-order valence-electron chi connectivity index (χ3n) is 6.26. The Bertz CT molecular complexity index is 1350. The molecule has 0 saturated carbocycles. The predicted octanol–water partition coefficient (Wildman–Crippen LogP) is 4.32. The second-order valence-corrected chi connectivity index (χ2v) is 9.32. The first-order valence-electron chi connectivity index (χ1n) is 10.7. The molecule has 0 fully saturated rings. The number of nitrogen functional groups attached to an aromatic ring is 1. The van der Waals surface area contributed by atoms with E-state index in [2.05, 4.69) is 25.6 Å². The highest BCUT2D eigenvalue weighted by Crippen LogP contribution is 2.40. The fourth-order valence-electron chi connectivity index (χ4n) is 5.02. The maximum atomic E-state index is 12.1. The molecule has 4 heterocycles. The van der Waals surface area contributed by atoms with Crippen LogP contribution in [-0.2, 0) is 13.0 Å². The zero-order chi connectivity index (χ0) is 22.6. The van der Waals surface area contributed by atoms with Gasteiger partial charge in [-0.25, -0.2) is 14.8 Å². The van der Waals surface area contributed by atoms with Crippen LogP contribution >= 0.6 is 0 Å². The Balaban J connectivity index is 1.70. The molecule has 0 unspecified atom stereocenters. The molecule has 3 aromatic heterocycles. The summed E-state index contributed by atoms with van der Waals surface area (Å²) in [6.45, 7) is 6.30. The molecule has 1 amide bonds. The van der Waals surface area contributed by atoms with Crippen LogP contribution in [0.5, 0.6) is 0 Å². The van der Waals surface area contributed by atoms with Gasteiger partial charge in [-0.1, -0.05) is 18.2 Å². The summed E-state index contributed by atoms with van der Waals surface area (Å²) in [5.41, 5.74) is 10.6. The second kappa shape index (κ2) is 7.19. The molecule has 0 bridgehead atoms. The first-order chi connectivity index (χ1) is 15.3. The lowest BCUT2D eigenvalue weighted by molar-refractivity contribution is 0.0575. The van der Waals surface area contributed by atoms with E-state index in [-0.39, 0.29) is 6.04 Å². The molecule has 0 radical (unpaired) electrons. The Morgan fingerprint density at radius 2 is 2.00 bits per heavy atom. The number of pyridine rings is 1. The standard InChI is InChI=1S/C24H26N6O2/c1-24(2,3)30(23(31)32)16-8-9-18-19(15-10-14-6-4-5-7-17(14)26-11-15)20-21(25)27-13-28-22(20)29(18)12-16/h4-7,10-11,13,16H,8-9,12H2,1-3H3,(H,31,32)(H2,25,27,28)/t16-/m0/s1. The maximum absolute atomic E-state index is 12.1. The molecule has 32 heavy (non-hydrogen) atoms. The van der Waals surface area contributed by atoms with Gasteiger partial charge >= 0.3 is 6.09 Å². The number of aromatic nitrogens is 4. The van der Waals surface area contributed by atoms with Crippen molar-refractivity contribution in [2.45, 2.75) is 51.7 Å². The van der Waals surface area contributed by atoms with Crippen molar-refractivity contribution < 1.29 is 9.90 Å². The molecule has 0 aliphatic carbocycles. The van der Waals surface area contributed by atoms with Crippen LogP contribution in [0.25, 0.3) is 33.1 Å². The lowest BCUT2D eigenvalue weighted by atomic mass is 9.94. The molecule has 0 saturated heterocycles. The van der Waals surface area contributed by atoms with Crippen LogP contribution in [0.1, 0.15) is 32.9 Å². The Kier molecular flexibility index (Phi) is 4.54. The van der Waals surface area contributed by atoms with E-state index in [9.17, 15) is 9.90 Å². The largest absolute Gasteiger partial charge is 0.465 e. The van der Waals surface area contributed by atoms with Crippen LogP contribution < -0.4 is 5.73 Å². The first kappa shape index (κ1) is 20.2. The highest BCUT2D eigenvalue weighted by Gasteiger charge is 2.37. The number of para-hydroxylation sites is 1. The topological polar surface area (TPSA) is 110 Å². The molecule has 8 nitrogen and oxygen atoms in total. The van der Waals surface area contributed by atoms with Crippen molar-refractivity contribution in [2.75, 3.05) is 5.73 Å². The van der Waals surface area contributed by atoms with Crippen molar-refractivity contribution in [3.63, 3.8) is 0 Å². The van der Waals surface area contributed by atoms with E-state index in [1.54, 1.807) is 4.90 Å². The summed E-state index contributed by atoms with van der Waals surface area (Å²) in [4.78, 5) is 27.1. The highest BCUT2D eigenvalue weighted by atomic mass is 16.4. The van der Waals surface area contributed by atoms with Gasteiger partial charge in [-0.2, -0.15) is 0 Å². The van der Waals surface area contributed by atoms with Crippen molar-refractivity contribution in [1.82, 2.24) is 24.4 Å². The van der Waals surface area contributed by atoms with Crippen molar-refractivity contribution in [3.05, 3.63) is 48.5 Å². The molecule has 1 atom stereocenters. The van der Waals surface area contributed by atoms with Crippen LogP contribution in [0.2, 0.25) is 0 Å². The number of carboxylic acid groups (broad SMARTS) is 1. The third kappa shape index (κ3) is 3.14. The number of nitrogens with zero attached hydrogens (tertiary/aromatic N) is 5. The molecule has 5 rings (SSSR count). The van der Waals surface area contributed by atoms with E-state index in [1.807, 2.05) is 51.2 Å². The van der Waals surface area contributed by atoms with Crippen molar-refractivity contribution in [3.8, 4) is 11.1 Å².